The molecule has 26 heavy (non-hydrogen) atoms. The van der Waals surface area contributed by atoms with Crippen LogP contribution in [0.2, 0.25) is 0 Å². The highest BCUT2D eigenvalue weighted by Gasteiger charge is 2.27. The predicted molar refractivity (Wildman–Crippen MR) is 116 cm³/mol. The van der Waals surface area contributed by atoms with E-state index in [0.717, 1.165) is 31.7 Å². The maximum atomic E-state index is 11.8. The zero-order valence-corrected chi connectivity index (χ0v) is 18.9. The number of likely N-dealkylation sites (N-methyl/N-ethyl adjacent to an activating group) is 1. The fraction of sp³-hybridized carbons (Fsp3) is 0.800. The average Bonchev–Trinajstić information content (AvgIpc) is 2.61. The van der Waals surface area contributed by atoms with Gasteiger partial charge in [0.1, 0.15) is 0 Å². The van der Waals surface area contributed by atoms with Crippen LogP contribution in [0, 0.1) is 4.51 Å². The molecule has 0 aliphatic carbocycles. The van der Waals surface area contributed by atoms with Gasteiger partial charge in [-0.3, -0.25) is 4.79 Å². The van der Waals surface area contributed by atoms with Crippen LogP contribution in [0.4, 0.5) is 5.69 Å². The largest absolute Gasteiger partial charge is 0.379 e. The molecule has 1 N–H and O–H groups in total. The molecule has 0 aromatic heterocycles. The van der Waals surface area contributed by atoms with E-state index in [2.05, 4.69) is 70.8 Å². The van der Waals surface area contributed by atoms with Crippen molar-refractivity contribution in [3.8, 4) is 0 Å². The van der Waals surface area contributed by atoms with Gasteiger partial charge in [0.25, 0.3) is 0 Å². The highest BCUT2D eigenvalue weighted by Crippen LogP contribution is 2.30. The van der Waals surface area contributed by atoms with Crippen molar-refractivity contribution in [2.24, 2.45) is 0 Å². The number of nitrogens with one attached hydrogen (secondary N) is 1. The Morgan fingerprint density at radius 1 is 1.00 bits per heavy atom. The second-order valence-corrected chi connectivity index (χ2v) is 7.99. The van der Waals surface area contributed by atoms with Crippen molar-refractivity contribution in [3.63, 3.8) is 0 Å². The summed E-state index contributed by atoms with van der Waals surface area (Å²) in [4.78, 5) is 16.2. The molecule has 0 spiro atoms. The molecule has 0 saturated carbocycles. The molecule has 1 aromatic rings. The second kappa shape index (κ2) is 12.5. The third-order valence-electron chi connectivity index (χ3n) is 4.45. The van der Waals surface area contributed by atoms with Crippen LogP contribution in [0.15, 0.2) is 4.79 Å². The molecule has 0 amide bonds. The van der Waals surface area contributed by atoms with Gasteiger partial charge in [-0.15, -0.1) is 0 Å². The molecule has 0 heterocycles. The Bertz CT molecular complexity index is 570. The molecular weight excluding hydrogens is 346 g/mol. The van der Waals surface area contributed by atoms with Crippen LogP contribution in [0.1, 0.15) is 47.1 Å². The molecule has 1 aromatic carbocycles. The Balaban J connectivity index is 0.000000896. The van der Waals surface area contributed by atoms with Crippen LogP contribution >= 0.6 is 12.2 Å². The topological polar surface area (TPSA) is 44.8 Å². The number of anilines is 1. The number of hydrogen-bond donors (Lipinski definition) is 1. The molecule has 152 valence electrons. The lowest BCUT2D eigenvalue weighted by Gasteiger charge is -2.25. The first kappa shape index (κ1) is 25.2. The standard InChI is InChI=1S/C15H26N2O2S.C5H13N/c1-6-17(5)8-10-19-9-7-16-12-11(15(2,3)4)14(20)13(12)18;1-4-6(3)5-2/h16H,6-10H2,1-5H3;4-5H2,1-3H3. The Morgan fingerprint density at radius 2 is 1.54 bits per heavy atom. The third-order valence-corrected chi connectivity index (χ3v) is 4.83. The van der Waals surface area contributed by atoms with Gasteiger partial charge >= 0.3 is 0 Å². The maximum Gasteiger partial charge on any atom is 0.220 e. The minimum atomic E-state index is -0.0853. The zero-order valence-electron chi connectivity index (χ0n) is 18.1. The fourth-order valence-corrected chi connectivity index (χ4v) is 2.74. The van der Waals surface area contributed by atoms with Crippen LogP contribution < -0.4 is 10.7 Å². The Hall–Kier alpha value is -0.820. The number of rotatable bonds is 10. The zero-order chi connectivity index (χ0) is 20.3. The molecule has 0 saturated heterocycles. The SMILES string of the molecule is CCN(C)CC.CCN(C)CCOCCNc1c(C(C)(C)C)c(=S)c1=O. The van der Waals surface area contributed by atoms with Gasteiger partial charge in [-0.05, 0) is 39.1 Å². The summed E-state index contributed by atoms with van der Waals surface area (Å²) in [7, 11) is 4.18. The normalized spacial score (nSPS) is 11.8. The lowest BCUT2D eigenvalue weighted by molar-refractivity contribution is 0.121. The summed E-state index contributed by atoms with van der Waals surface area (Å²) in [5.41, 5.74) is 1.54. The van der Waals surface area contributed by atoms with Crippen LogP contribution in [-0.2, 0) is 10.2 Å². The van der Waals surface area contributed by atoms with Crippen molar-refractivity contribution in [1.82, 2.24) is 9.80 Å². The van der Waals surface area contributed by atoms with Crippen molar-refractivity contribution in [3.05, 3.63) is 20.3 Å². The summed E-state index contributed by atoms with van der Waals surface area (Å²) in [6, 6.07) is 0. The van der Waals surface area contributed by atoms with E-state index >= 15 is 0 Å². The summed E-state index contributed by atoms with van der Waals surface area (Å²) in [5.74, 6) is 0. The molecule has 0 radical (unpaired) electrons. The minimum absolute atomic E-state index is 0.0318. The lowest BCUT2D eigenvalue weighted by atomic mass is 9.83. The molecule has 6 heteroatoms. The number of hydrogen-bond acceptors (Lipinski definition) is 6. The Morgan fingerprint density at radius 3 is 1.96 bits per heavy atom. The highest BCUT2D eigenvalue weighted by atomic mass is 32.1. The van der Waals surface area contributed by atoms with Gasteiger partial charge in [-0.2, -0.15) is 0 Å². The second-order valence-electron chi connectivity index (χ2n) is 7.58. The van der Waals surface area contributed by atoms with Gasteiger partial charge < -0.3 is 19.9 Å². The van der Waals surface area contributed by atoms with Crippen molar-refractivity contribution < 1.29 is 4.74 Å². The smallest absolute Gasteiger partial charge is 0.220 e. The highest BCUT2D eigenvalue weighted by molar-refractivity contribution is 7.71. The van der Waals surface area contributed by atoms with E-state index in [9.17, 15) is 4.79 Å². The first-order valence-electron chi connectivity index (χ1n) is 9.62. The monoisotopic (exact) mass is 385 g/mol. The van der Waals surface area contributed by atoms with E-state index in [1.165, 1.54) is 0 Å². The van der Waals surface area contributed by atoms with Crippen LogP contribution in [0.5, 0.6) is 0 Å². The van der Waals surface area contributed by atoms with Gasteiger partial charge in [-0.25, -0.2) is 0 Å². The quantitative estimate of drug-likeness (QED) is 0.492. The Labute approximate surface area is 165 Å². The fourth-order valence-electron chi connectivity index (χ4n) is 2.23. The molecule has 1 rings (SSSR count). The molecular formula is C20H39N3O2S. The minimum Gasteiger partial charge on any atom is -0.379 e. The number of ether oxygens (including phenoxy) is 1. The number of nitrogens with zero attached hydrogens (tertiary/aromatic N) is 2. The molecule has 0 atom stereocenters. The van der Waals surface area contributed by atoms with Gasteiger partial charge in [0.2, 0.25) is 5.43 Å². The maximum absolute atomic E-state index is 11.8. The summed E-state index contributed by atoms with van der Waals surface area (Å²) >= 11 is 5.13. The molecule has 0 aliphatic heterocycles. The van der Waals surface area contributed by atoms with Crippen LogP contribution in [0.25, 0.3) is 0 Å². The van der Waals surface area contributed by atoms with Gasteiger partial charge in [-0.1, -0.05) is 53.8 Å². The molecule has 5 nitrogen and oxygen atoms in total. The van der Waals surface area contributed by atoms with Crippen molar-refractivity contribution in [2.75, 3.05) is 65.3 Å². The van der Waals surface area contributed by atoms with E-state index < -0.39 is 0 Å². The molecule has 0 unspecified atom stereocenters. The van der Waals surface area contributed by atoms with Gasteiger partial charge in [0, 0.05) is 18.7 Å². The van der Waals surface area contributed by atoms with Gasteiger partial charge in [0.15, 0.2) is 0 Å². The Kier molecular flexibility index (Phi) is 12.2. The first-order chi connectivity index (χ1) is 12.1. The van der Waals surface area contributed by atoms with Crippen molar-refractivity contribution >= 4 is 17.9 Å². The van der Waals surface area contributed by atoms with E-state index in [0.29, 0.717) is 30.0 Å². The summed E-state index contributed by atoms with van der Waals surface area (Å²) in [6.45, 7) is 18.9. The first-order valence-corrected chi connectivity index (χ1v) is 10.0. The molecule has 0 bridgehead atoms. The van der Waals surface area contributed by atoms with E-state index in [1.54, 1.807) is 0 Å². The van der Waals surface area contributed by atoms with Crippen LogP contribution in [0.3, 0.4) is 0 Å². The van der Waals surface area contributed by atoms with Crippen LogP contribution in [-0.4, -0.2) is 69.8 Å². The predicted octanol–water partition coefficient (Wildman–Crippen LogP) is 3.29. The summed E-state index contributed by atoms with van der Waals surface area (Å²) in [5, 5.41) is 3.16. The van der Waals surface area contributed by atoms with Gasteiger partial charge in [0.05, 0.1) is 23.4 Å². The lowest BCUT2D eigenvalue weighted by Crippen LogP contribution is -2.30. The van der Waals surface area contributed by atoms with Crippen molar-refractivity contribution in [1.29, 1.82) is 0 Å². The van der Waals surface area contributed by atoms with Crippen molar-refractivity contribution in [2.45, 2.75) is 47.0 Å². The van der Waals surface area contributed by atoms with E-state index in [-0.39, 0.29) is 10.8 Å². The summed E-state index contributed by atoms with van der Waals surface area (Å²) in [6.07, 6.45) is 0. The van der Waals surface area contributed by atoms with E-state index in [1.807, 2.05) is 0 Å². The molecule has 0 aliphatic rings. The molecule has 0 fully saturated rings. The third kappa shape index (κ3) is 8.71. The van der Waals surface area contributed by atoms with E-state index in [4.69, 9.17) is 17.0 Å². The summed E-state index contributed by atoms with van der Waals surface area (Å²) < 4.78 is 6.01. The average molecular weight is 386 g/mol.